The molecule has 0 aliphatic rings. The van der Waals surface area contributed by atoms with Gasteiger partial charge in [0.1, 0.15) is 5.75 Å². The van der Waals surface area contributed by atoms with E-state index in [2.05, 4.69) is 17.6 Å². The number of unbranched alkanes of at least 4 members (excludes halogenated alkanes) is 2. The van der Waals surface area contributed by atoms with Crippen molar-refractivity contribution in [2.45, 2.75) is 32.6 Å². The Morgan fingerprint density at radius 2 is 1.65 bits per heavy atom. The average molecular weight is 354 g/mol. The molecule has 0 radical (unpaired) electrons. The quantitative estimate of drug-likeness (QED) is 0.534. The Morgan fingerprint density at radius 3 is 2.35 bits per heavy atom. The van der Waals surface area contributed by atoms with E-state index in [1.807, 2.05) is 30.3 Å². The Balaban J connectivity index is 1.71. The number of carbonyl (C=O) groups excluding carboxylic acids is 2. The molecule has 5 heteroatoms. The van der Waals surface area contributed by atoms with Crippen LogP contribution in [0.1, 0.15) is 31.7 Å². The third-order valence-corrected chi connectivity index (χ3v) is 3.88. The molecule has 0 heterocycles. The molecule has 0 aliphatic heterocycles. The summed E-state index contributed by atoms with van der Waals surface area (Å²) in [5.74, 6) is -0.554. The van der Waals surface area contributed by atoms with E-state index in [0.717, 1.165) is 30.6 Å². The standard InChI is InChI=1S/C21H26N2O3/c1-2-3-7-16-26-19-12-10-18(11-13-19)23-21(25)20(24)22-15-14-17-8-5-4-6-9-17/h4-6,8-13H,2-3,7,14-16H2,1H3,(H,22,24)(H,23,25). The van der Waals surface area contributed by atoms with Gasteiger partial charge in [0.05, 0.1) is 6.61 Å². The Bertz CT molecular complexity index is 684. The molecule has 0 fully saturated rings. The first kappa shape index (κ1) is 19.5. The summed E-state index contributed by atoms with van der Waals surface area (Å²) in [4.78, 5) is 23.8. The molecule has 0 aromatic heterocycles. The van der Waals surface area contributed by atoms with E-state index in [9.17, 15) is 9.59 Å². The molecule has 26 heavy (non-hydrogen) atoms. The SMILES string of the molecule is CCCCCOc1ccc(NC(=O)C(=O)NCCc2ccccc2)cc1. The lowest BCUT2D eigenvalue weighted by Gasteiger charge is -2.08. The predicted molar refractivity (Wildman–Crippen MR) is 103 cm³/mol. The van der Waals surface area contributed by atoms with Gasteiger partial charge in [-0.2, -0.15) is 0 Å². The summed E-state index contributed by atoms with van der Waals surface area (Å²) in [7, 11) is 0. The van der Waals surface area contributed by atoms with Crippen molar-refractivity contribution in [1.29, 1.82) is 0 Å². The van der Waals surface area contributed by atoms with Crippen LogP contribution in [0, 0.1) is 0 Å². The number of benzene rings is 2. The smallest absolute Gasteiger partial charge is 0.313 e. The fraction of sp³-hybridized carbons (Fsp3) is 0.333. The van der Waals surface area contributed by atoms with Gasteiger partial charge in [0.25, 0.3) is 0 Å². The molecule has 0 bridgehead atoms. The first-order valence-corrected chi connectivity index (χ1v) is 9.05. The first-order chi connectivity index (χ1) is 12.7. The van der Waals surface area contributed by atoms with Crippen LogP contribution in [0.5, 0.6) is 5.75 Å². The van der Waals surface area contributed by atoms with E-state index >= 15 is 0 Å². The van der Waals surface area contributed by atoms with Crippen LogP contribution >= 0.6 is 0 Å². The number of rotatable bonds is 9. The molecule has 2 aromatic carbocycles. The minimum Gasteiger partial charge on any atom is -0.494 e. The predicted octanol–water partition coefficient (Wildman–Crippen LogP) is 3.55. The van der Waals surface area contributed by atoms with Crippen LogP contribution in [0.2, 0.25) is 0 Å². The monoisotopic (exact) mass is 354 g/mol. The second-order valence-corrected chi connectivity index (χ2v) is 6.03. The van der Waals surface area contributed by atoms with Crippen molar-refractivity contribution in [3.05, 3.63) is 60.2 Å². The van der Waals surface area contributed by atoms with Crippen LogP contribution < -0.4 is 15.4 Å². The Hall–Kier alpha value is -2.82. The number of hydrogen-bond donors (Lipinski definition) is 2. The zero-order valence-corrected chi connectivity index (χ0v) is 15.2. The van der Waals surface area contributed by atoms with E-state index in [1.54, 1.807) is 24.3 Å². The highest BCUT2D eigenvalue weighted by Crippen LogP contribution is 2.16. The van der Waals surface area contributed by atoms with Gasteiger partial charge in [0.2, 0.25) is 0 Å². The highest BCUT2D eigenvalue weighted by Gasteiger charge is 2.13. The van der Waals surface area contributed by atoms with Gasteiger partial charge in [0.15, 0.2) is 0 Å². The van der Waals surface area contributed by atoms with Gasteiger partial charge in [-0.3, -0.25) is 9.59 Å². The Kier molecular flexibility index (Phi) is 8.19. The highest BCUT2D eigenvalue weighted by atomic mass is 16.5. The van der Waals surface area contributed by atoms with Gasteiger partial charge in [-0.15, -0.1) is 0 Å². The maximum absolute atomic E-state index is 11.9. The summed E-state index contributed by atoms with van der Waals surface area (Å²) in [5.41, 5.74) is 1.68. The van der Waals surface area contributed by atoms with Crippen LogP contribution in [0.4, 0.5) is 5.69 Å². The van der Waals surface area contributed by atoms with Crippen molar-refractivity contribution in [2.24, 2.45) is 0 Å². The van der Waals surface area contributed by atoms with Crippen molar-refractivity contribution in [2.75, 3.05) is 18.5 Å². The van der Waals surface area contributed by atoms with Crippen LogP contribution in [0.15, 0.2) is 54.6 Å². The van der Waals surface area contributed by atoms with Gasteiger partial charge >= 0.3 is 11.8 Å². The largest absolute Gasteiger partial charge is 0.494 e. The number of carbonyl (C=O) groups is 2. The van der Waals surface area contributed by atoms with Crippen LogP contribution in [-0.2, 0) is 16.0 Å². The normalized spacial score (nSPS) is 10.2. The summed E-state index contributed by atoms with van der Waals surface area (Å²) in [6, 6.07) is 16.8. The molecule has 2 rings (SSSR count). The van der Waals surface area contributed by atoms with E-state index in [0.29, 0.717) is 25.3 Å². The molecule has 0 aliphatic carbocycles. The molecule has 2 amide bonds. The third kappa shape index (κ3) is 6.97. The second kappa shape index (κ2) is 10.9. The lowest BCUT2D eigenvalue weighted by molar-refractivity contribution is -0.136. The molecule has 0 saturated heterocycles. The fourth-order valence-corrected chi connectivity index (χ4v) is 2.41. The van der Waals surface area contributed by atoms with Crippen molar-refractivity contribution < 1.29 is 14.3 Å². The zero-order chi connectivity index (χ0) is 18.6. The molecule has 138 valence electrons. The van der Waals surface area contributed by atoms with Crippen molar-refractivity contribution >= 4 is 17.5 Å². The summed E-state index contributed by atoms with van der Waals surface area (Å²) >= 11 is 0. The van der Waals surface area contributed by atoms with Crippen molar-refractivity contribution in [3.63, 3.8) is 0 Å². The van der Waals surface area contributed by atoms with E-state index in [-0.39, 0.29) is 0 Å². The summed E-state index contributed by atoms with van der Waals surface area (Å²) in [5, 5.41) is 5.21. The lowest BCUT2D eigenvalue weighted by Crippen LogP contribution is -2.36. The number of anilines is 1. The zero-order valence-electron chi connectivity index (χ0n) is 15.2. The number of amides is 2. The average Bonchev–Trinajstić information content (AvgIpc) is 2.67. The molecule has 2 N–H and O–H groups in total. The van der Waals surface area contributed by atoms with E-state index in [4.69, 9.17) is 4.74 Å². The molecular weight excluding hydrogens is 328 g/mol. The van der Waals surface area contributed by atoms with Gasteiger partial charge < -0.3 is 15.4 Å². The third-order valence-electron chi connectivity index (χ3n) is 3.88. The van der Waals surface area contributed by atoms with Crippen LogP contribution in [0.25, 0.3) is 0 Å². The summed E-state index contributed by atoms with van der Waals surface area (Å²) in [6.07, 6.45) is 4.01. The van der Waals surface area contributed by atoms with Gasteiger partial charge in [-0.05, 0) is 42.7 Å². The molecule has 5 nitrogen and oxygen atoms in total. The van der Waals surface area contributed by atoms with Gasteiger partial charge in [-0.1, -0.05) is 50.1 Å². The molecule has 0 spiro atoms. The minimum atomic E-state index is -0.672. The van der Waals surface area contributed by atoms with E-state index in [1.165, 1.54) is 0 Å². The molecule has 0 unspecified atom stereocenters. The highest BCUT2D eigenvalue weighted by molar-refractivity contribution is 6.39. The topological polar surface area (TPSA) is 67.4 Å². The number of nitrogens with one attached hydrogen (secondary N) is 2. The van der Waals surface area contributed by atoms with Crippen LogP contribution in [0.3, 0.4) is 0 Å². The molecular formula is C21H26N2O3. The number of ether oxygens (including phenoxy) is 1. The van der Waals surface area contributed by atoms with Crippen molar-refractivity contribution in [3.8, 4) is 5.75 Å². The van der Waals surface area contributed by atoms with Gasteiger partial charge in [-0.25, -0.2) is 0 Å². The number of hydrogen-bond acceptors (Lipinski definition) is 3. The van der Waals surface area contributed by atoms with E-state index < -0.39 is 11.8 Å². The Morgan fingerprint density at radius 1 is 0.923 bits per heavy atom. The molecule has 0 saturated carbocycles. The van der Waals surface area contributed by atoms with Crippen molar-refractivity contribution in [1.82, 2.24) is 5.32 Å². The summed E-state index contributed by atoms with van der Waals surface area (Å²) < 4.78 is 5.62. The maximum atomic E-state index is 11.9. The second-order valence-electron chi connectivity index (χ2n) is 6.03. The first-order valence-electron chi connectivity index (χ1n) is 9.05. The Labute approximate surface area is 154 Å². The molecule has 0 atom stereocenters. The molecule has 2 aromatic rings. The van der Waals surface area contributed by atoms with Crippen LogP contribution in [-0.4, -0.2) is 25.0 Å². The van der Waals surface area contributed by atoms with Gasteiger partial charge in [0, 0.05) is 12.2 Å². The lowest BCUT2D eigenvalue weighted by atomic mass is 10.1. The fourth-order valence-electron chi connectivity index (χ4n) is 2.41. The maximum Gasteiger partial charge on any atom is 0.313 e. The summed E-state index contributed by atoms with van der Waals surface area (Å²) in [6.45, 7) is 3.25. The minimum absolute atomic E-state index is 0.417.